The smallest absolute Gasteiger partial charge is 0.462 e. The number of rotatable bonds is 76. The predicted octanol–water partition coefficient (Wildman–Crippen LogP) is 22.5. The van der Waals surface area contributed by atoms with E-state index in [1.165, 1.54) is 225 Å². The molecule has 95 heavy (non-hydrogen) atoms. The van der Waals surface area contributed by atoms with Crippen molar-refractivity contribution >= 4 is 39.5 Å². The molecule has 0 aliphatic carbocycles. The van der Waals surface area contributed by atoms with Crippen LogP contribution in [-0.4, -0.2) is 96.7 Å². The Hall–Kier alpha value is -1.94. The van der Waals surface area contributed by atoms with Crippen molar-refractivity contribution < 1.29 is 80.2 Å². The molecule has 0 bridgehead atoms. The minimum Gasteiger partial charge on any atom is -0.462 e. The van der Waals surface area contributed by atoms with E-state index >= 15 is 0 Å². The Morgan fingerprint density at radius 2 is 0.484 bits per heavy atom. The highest BCUT2D eigenvalue weighted by atomic mass is 31.2. The van der Waals surface area contributed by atoms with E-state index in [0.717, 1.165) is 95.8 Å². The summed E-state index contributed by atoms with van der Waals surface area (Å²) in [6.07, 6.45) is 58.2. The van der Waals surface area contributed by atoms with Crippen LogP contribution >= 0.6 is 15.6 Å². The molecule has 0 radical (unpaired) electrons. The summed E-state index contributed by atoms with van der Waals surface area (Å²) < 4.78 is 68.5. The third-order valence-electron chi connectivity index (χ3n) is 17.8. The van der Waals surface area contributed by atoms with Crippen LogP contribution in [0.2, 0.25) is 0 Å². The Balaban J connectivity index is 5.25. The van der Waals surface area contributed by atoms with E-state index in [-0.39, 0.29) is 25.7 Å². The molecule has 0 rings (SSSR count). The average Bonchev–Trinajstić information content (AvgIpc) is 1.50. The molecule has 0 heterocycles. The molecule has 0 aromatic heterocycles. The predicted molar refractivity (Wildman–Crippen MR) is 386 cm³/mol. The lowest BCUT2D eigenvalue weighted by Gasteiger charge is -2.21. The minimum atomic E-state index is -4.96. The van der Waals surface area contributed by atoms with Crippen molar-refractivity contribution in [1.82, 2.24) is 0 Å². The maximum Gasteiger partial charge on any atom is 0.472 e. The lowest BCUT2D eigenvalue weighted by Crippen LogP contribution is -2.30. The van der Waals surface area contributed by atoms with Crippen LogP contribution in [0.15, 0.2) is 0 Å². The van der Waals surface area contributed by atoms with Gasteiger partial charge in [-0.3, -0.25) is 37.3 Å². The molecular weight excluding hydrogens is 1250 g/mol. The third-order valence-corrected chi connectivity index (χ3v) is 19.7. The summed E-state index contributed by atoms with van der Waals surface area (Å²) in [7, 11) is -9.91. The van der Waals surface area contributed by atoms with Crippen molar-refractivity contribution in [2.24, 2.45) is 5.92 Å². The fourth-order valence-electron chi connectivity index (χ4n) is 11.7. The summed E-state index contributed by atoms with van der Waals surface area (Å²) in [6.45, 7) is 7.27. The van der Waals surface area contributed by atoms with E-state index in [9.17, 15) is 43.2 Å². The van der Waals surface area contributed by atoms with Gasteiger partial charge in [-0.25, -0.2) is 9.13 Å². The first kappa shape index (κ1) is 93.1. The van der Waals surface area contributed by atoms with Gasteiger partial charge in [-0.15, -0.1) is 0 Å². The van der Waals surface area contributed by atoms with Crippen molar-refractivity contribution in [1.29, 1.82) is 0 Å². The van der Waals surface area contributed by atoms with E-state index in [1.54, 1.807) is 0 Å². The first-order valence-corrected chi connectivity index (χ1v) is 42.6. The van der Waals surface area contributed by atoms with Gasteiger partial charge in [0.25, 0.3) is 0 Å². The Kier molecular flexibility index (Phi) is 67.7. The fourth-order valence-corrected chi connectivity index (χ4v) is 13.3. The van der Waals surface area contributed by atoms with Crippen molar-refractivity contribution in [3.8, 4) is 0 Å². The molecule has 0 saturated carbocycles. The zero-order valence-electron chi connectivity index (χ0n) is 61.8. The van der Waals surface area contributed by atoms with Gasteiger partial charge in [0.2, 0.25) is 0 Å². The quantitative estimate of drug-likeness (QED) is 0.0222. The van der Waals surface area contributed by atoms with Gasteiger partial charge >= 0.3 is 39.5 Å². The van der Waals surface area contributed by atoms with Crippen molar-refractivity contribution in [2.45, 2.75) is 419 Å². The van der Waals surface area contributed by atoms with Crippen LogP contribution in [0, 0.1) is 5.92 Å². The van der Waals surface area contributed by atoms with Gasteiger partial charge in [-0.2, -0.15) is 0 Å². The molecular formula is C76H148O17P2. The molecule has 3 N–H and O–H groups in total. The van der Waals surface area contributed by atoms with E-state index in [2.05, 4.69) is 34.6 Å². The van der Waals surface area contributed by atoms with Gasteiger partial charge < -0.3 is 33.8 Å². The van der Waals surface area contributed by atoms with Crippen LogP contribution in [0.1, 0.15) is 401 Å². The number of unbranched alkanes of at least 4 members (excludes halogenated alkanes) is 48. The SMILES string of the molecule is CCCCCCCCCCCCCCCCCCC(=O)OC[C@H](COP(=O)(O)OC[C@@H](O)COP(=O)(O)OC[C@@H](COC(=O)CCCCCCCCCCC(C)C)OC(=O)CCCCCCCCCCCCCC)OC(=O)CCCCCCCCCCCCCCCCCC. The highest BCUT2D eigenvalue weighted by molar-refractivity contribution is 7.47. The maximum absolute atomic E-state index is 13.1. The van der Waals surface area contributed by atoms with E-state index in [1.807, 2.05) is 0 Å². The first-order valence-electron chi connectivity index (χ1n) is 39.6. The van der Waals surface area contributed by atoms with Crippen LogP contribution in [0.4, 0.5) is 0 Å². The zero-order chi connectivity index (χ0) is 69.8. The number of carbonyl (C=O) groups excluding carboxylic acids is 4. The molecule has 5 atom stereocenters. The summed E-state index contributed by atoms with van der Waals surface area (Å²) in [4.78, 5) is 72.8. The number of esters is 4. The molecule has 0 spiro atoms. The van der Waals surface area contributed by atoms with Crippen LogP contribution in [0.25, 0.3) is 0 Å². The Labute approximate surface area is 581 Å². The molecule has 17 nitrogen and oxygen atoms in total. The molecule has 0 amide bonds. The van der Waals surface area contributed by atoms with Gasteiger partial charge in [0.05, 0.1) is 26.4 Å². The molecule has 0 aliphatic rings. The van der Waals surface area contributed by atoms with Gasteiger partial charge in [0.1, 0.15) is 19.3 Å². The Morgan fingerprint density at radius 1 is 0.284 bits per heavy atom. The molecule has 19 heteroatoms. The zero-order valence-corrected chi connectivity index (χ0v) is 63.6. The third kappa shape index (κ3) is 70.3. The summed E-state index contributed by atoms with van der Waals surface area (Å²) in [5.41, 5.74) is 0. The highest BCUT2D eigenvalue weighted by Crippen LogP contribution is 2.45. The molecule has 0 saturated heterocycles. The first-order chi connectivity index (χ1) is 46.0. The number of carbonyl (C=O) groups is 4. The number of ether oxygens (including phenoxy) is 4. The van der Waals surface area contributed by atoms with Crippen molar-refractivity contribution in [3.63, 3.8) is 0 Å². The number of phosphoric ester groups is 2. The second-order valence-corrected chi connectivity index (χ2v) is 30.8. The number of aliphatic hydroxyl groups excluding tert-OH is 1. The monoisotopic (exact) mass is 1400 g/mol. The Morgan fingerprint density at radius 3 is 0.716 bits per heavy atom. The van der Waals surface area contributed by atoms with Crippen LogP contribution in [0.5, 0.6) is 0 Å². The second-order valence-electron chi connectivity index (χ2n) is 27.9. The summed E-state index contributed by atoms with van der Waals surface area (Å²) in [6, 6.07) is 0. The summed E-state index contributed by atoms with van der Waals surface area (Å²) in [5.74, 6) is -1.38. The van der Waals surface area contributed by atoms with E-state index < -0.39 is 97.5 Å². The lowest BCUT2D eigenvalue weighted by molar-refractivity contribution is -0.161. The van der Waals surface area contributed by atoms with Crippen molar-refractivity contribution in [2.75, 3.05) is 39.6 Å². The molecule has 2 unspecified atom stereocenters. The number of hydrogen-bond donors (Lipinski definition) is 3. The van der Waals surface area contributed by atoms with Crippen LogP contribution in [0.3, 0.4) is 0 Å². The normalized spacial score (nSPS) is 13.9. The molecule has 564 valence electrons. The number of phosphoric acid groups is 2. The lowest BCUT2D eigenvalue weighted by atomic mass is 10.0. The molecule has 0 aromatic carbocycles. The van der Waals surface area contributed by atoms with Gasteiger partial charge in [-0.05, 0) is 31.6 Å². The van der Waals surface area contributed by atoms with Crippen LogP contribution in [-0.2, 0) is 65.4 Å². The van der Waals surface area contributed by atoms with E-state index in [0.29, 0.717) is 25.7 Å². The average molecular weight is 1400 g/mol. The van der Waals surface area contributed by atoms with Gasteiger partial charge in [0, 0.05) is 25.7 Å². The van der Waals surface area contributed by atoms with Gasteiger partial charge in [-0.1, -0.05) is 349 Å². The summed E-state index contributed by atoms with van der Waals surface area (Å²) in [5, 5.41) is 10.6. The maximum atomic E-state index is 13.1. The minimum absolute atomic E-state index is 0.107. The topological polar surface area (TPSA) is 237 Å². The number of aliphatic hydroxyl groups is 1. The standard InChI is InChI=1S/C76H148O17P2/c1-6-9-12-15-18-21-24-27-29-31-33-36-38-44-49-54-59-73(78)86-65-71(92-76(81)62-57-52-47-40-37-34-32-30-28-25-22-19-16-13-10-7-2)67-90-94(82,83)88-63-70(77)64-89-95(84,85)91-68-72(66-87-74(79)60-55-50-45-42-41-43-48-53-58-69(4)5)93-75(80)61-56-51-46-39-35-26-23-20-17-14-11-8-3/h69-72,77H,6-68H2,1-5H3,(H,82,83)(H,84,85)/t70-,71-,72-/m1/s1. The van der Waals surface area contributed by atoms with Gasteiger partial charge in [0.15, 0.2) is 12.2 Å². The largest absolute Gasteiger partial charge is 0.472 e. The fraction of sp³-hybridized carbons (Fsp3) is 0.947. The van der Waals surface area contributed by atoms with Crippen molar-refractivity contribution in [3.05, 3.63) is 0 Å². The second kappa shape index (κ2) is 69.2. The van der Waals surface area contributed by atoms with Crippen LogP contribution < -0.4 is 0 Å². The Bertz CT molecular complexity index is 1820. The molecule has 0 fully saturated rings. The molecule has 0 aromatic rings. The number of hydrogen-bond acceptors (Lipinski definition) is 15. The summed E-state index contributed by atoms with van der Waals surface area (Å²) >= 11 is 0. The van der Waals surface area contributed by atoms with E-state index in [4.69, 9.17) is 37.0 Å². The highest BCUT2D eigenvalue weighted by Gasteiger charge is 2.30. The molecule has 0 aliphatic heterocycles.